The van der Waals surface area contributed by atoms with Crippen molar-refractivity contribution in [2.24, 2.45) is 0 Å². The van der Waals surface area contributed by atoms with Gasteiger partial charge in [0, 0.05) is 31.2 Å². The average molecular weight is 265 g/mol. The molecule has 3 heterocycles. The number of carbonyl (C=O) groups excluding carboxylic acids is 1. The second kappa shape index (κ2) is 4.94. The first kappa shape index (κ1) is 12.6. The minimum atomic E-state index is -0.378. The van der Waals surface area contributed by atoms with Crippen molar-refractivity contribution in [2.45, 2.75) is 38.3 Å². The number of rotatable bonds is 2. The molecule has 1 aromatic rings. The van der Waals surface area contributed by atoms with Gasteiger partial charge < -0.3 is 9.84 Å². The molecule has 3 rings (SSSR count). The van der Waals surface area contributed by atoms with Gasteiger partial charge in [0.15, 0.2) is 0 Å². The van der Waals surface area contributed by atoms with Crippen LogP contribution in [0.5, 0.6) is 0 Å². The van der Waals surface area contributed by atoms with E-state index in [1.807, 2.05) is 0 Å². The van der Waals surface area contributed by atoms with E-state index in [9.17, 15) is 9.59 Å². The Bertz CT molecular complexity index is 533. The molecule has 19 heavy (non-hydrogen) atoms. The van der Waals surface area contributed by atoms with Crippen LogP contribution >= 0.6 is 0 Å². The molecule has 2 bridgehead atoms. The molecule has 0 spiro atoms. The van der Waals surface area contributed by atoms with Gasteiger partial charge in [0.05, 0.1) is 6.54 Å². The molecule has 104 valence electrons. The number of aryl methyl sites for hydroxylation is 1. The SMILES string of the molecule is Cc1cc(=O)n(C(=O)CN2CCC3CCC(C2)N3)o1. The standard InChI is InChI=1S/C13H19N3O3/c1-9-6-12(17)16(19-9)13(18)8-15-5-4-10-2-3-11(7-15)14-10/h6,10-11,14H,2-5,7-8H2,1H3. The molecule has 2 fully saturated rings. The molecule has 2 atom stereocenters. The molecule has 6 nitrogen and oxygen atoms in total. The Balaban J connectivity index is 1.66. The number of hydrogen-bond donors (Lipinski definition) is 1. The van der Waals surface area contributed by atoms with Crippen LogP contribution in [0.4, 0.5) is 0 Å². The molecule has 0 radical (unpaired) electrons. The van der Waals surface area contributed by atoms with E-state index in [-0.39, 0.29) is 18.0 Å². The van der Waals surface area contributed by atoms with Crippen molar-refractivity contribution < 1.29 is 9.32 Å². The van der Waals surface area contributed by atoms with Crippen molar-refractivity contribution in [1.82, 2.24) is 15.0 Å². The summed E-state index contributed by atoms with van der Waals surface area (Å²) in [6, 6.07) is 2.41. The van der Waals surface area contributed by atoms with Gasteiger partial charge in [-0.05, 0) is 26.2 Å². The molecule has 0 saturated carbocycles. The van der Waals surface area contributed by atoms with E-state index >= 15 is 0 Å². The minimum absolute atomic E-state index is 0.248. The highest BCUT2D eigenvalue weighted by Crippen LogP contribution is 2.20. The number of nitrogens with zero attached hydrogens (tertiary/aromatic N) is 2. The smallest absolute Gasteiger partial charge is 0.290 e. The predicted octanol–water partition coefficient (Wildman–Crippen LogP) is 0.216. The second-order valence-corrected chi connectivity index (χ2v) is 5.53. The Morgan fingerprint density at radius 3 is 2.95 bits per heavy atom. The van der Waals surface area contributed by atoms with E-state index in [0.29, 0.717) is 17.8 Å². The maximum Gasteiger partial charge on any atom is 0.290 e. The van der Waals surface area contributed by atoms with Crippen molar-refractivity contribution in [3.63, 3.8) is 0 Å². The molecule has 0 amide bonds. The van der Waals surface area contributed by atoms with Crippen LogP contribution in [0.3, 0.4) is 0 Å². The summed E-state index contributed by atoms with van der Waals surface area (Å²) in [5, 5.41) is 3.57. The lowest BCUT2D eigenvalue weighted by molar-refractivity contribution is 0.0711. The second-order valence-electron chi connectivity index (χ2n) is 5.53. The lowest BCUT2D eigenvalue weighted by atomic mass is 10.1. The highest BCUT2D eigenvalue weighted by molar-refractivity contribution is 5.79. The first-order chi connectivity index (χ1) is 9.11. The Morgan fingerprint density at radius 1 is 1.42 bits per heavy atom. The lowest BCUT2D eigenvalue weighted by Crippen LogP contribution is -2.40. The van der Waals surface area contributed by atoms with Gasteiger partial charge in [-0.25, -0.2) is 0 Å². The van der Waals surface area contributed by atoms with Gasteiger partial charge in [0.25, 0.3) is 11.5 Å². The monoisotopic (exact) mass is 265 g/mol. The summed E-state index contributed by atoms with van der Waals surface area (Å²) < 4.78 is 5.99. The average Bonchev–Trinajstić information content (AvgIpc) is 2.85. The third-order valence-corrected chi connectivity index (χ3v) is 3.95. The maximum absolute atomic E-state index is 12.1. The van der Waals surface area contributed by atoms with Crippen molar-refractivity contribution in [1.29, 1.82) is 0 Å². The zero-order valence-corrected chi connectivity index (χ0v) is 11.1. The van der Waals surface area contributed by atoms with Crippen LogP contribution in [0.1, 0.15) is 29.8 Å². The summed E-state index contributed by atoms with van der Waals surface area (Å²) in [4.78, 5) is 25.7. The Kier molecular flexibility index (Phi) is 3.28. The third-order valence-electron chi connectivity index (χ3n) is 3.95. The molecule has 2 aliphatic heterocycles. The summed E-state index contributed by atoms with van der Waals surface area (Å²) in [6.07, 6.45) is 3.48. The number of fused-ring (bicyclic) bond motifs is 2. The Labute approximate surface area is 111 Å². The minimum Gasteiger partial charge on any atom is -0.373 e. The van der Waals surface area contributed by atoms with Gasteiger partial charge >= 0.3 is 0 Å². The fraction of sp³-hybridized carbons (Fsp3) is 0.692. The van der Waals surface area contributed by atoms with Crippen LogP contribution < -0.4 is 10.9 Å². The first-order valence-electron chi connectivity index (χ1n) is 6.83. The molecule has 1 aromatic heterocycles. The van der Waals surface area contributed by atoms with E-state index in [2.05, 4.69) is 10.2 Å². The molecule has 2 unspecified atom stereocenters. The number of carbonyl (C=O) groups is 1. The molecule has 1 N–H and O–H groups in total. The molecule has 0 aromatic carbocycles. The molecule has 2 saturated heterocycles. The highest BCUT2D eigenvalue weighted by atomic mass is 16.5. The number of hydrogen-bond acceptors (Lipinski definition) is 5. The molecule has 0 aliphatic carbocycles. The van der Waals surface area contributed by atoms with Gasteiger partial charge in [-0.1, -0.05) is 0 Å². The van der Waals surface area contributed by atoms with E-state index < -0.39 is 0 Å². The third kappa shape index (κ3) is 2.64. The number of nitrogens with one attached hydrogen (secondary N) is 1. The van der Waals surface area contributed by atoms with Gasteiger partial charge in [-0.2, -0.15) is 0 Å². The summed E-state index contributed by atoms with van der Waals surface area (Å²) >= 11 is 0. The van der Waals surface area contributed by atoms with Gasteiger partial charge in [-0.3, -0.25) is 14.5 Å². The van der Waals surface area contributed by atoms with Crippen LogP contribution in [0.15, 0.2) is 15.4 Å². The van der Waals surface area contributed by atoms with Gasteiger partial charge in [0.2, 0.25) is 0 Å². The van der Waals surface area contributed by atoms with Crippen LogP contribution in [-0.2, 0) is 0 Å². The number of aromatic nitrogens is 1. The van der Waals surface area contributed by atoms with Gasteiger partial charge in [0.1, 0.15) is 5.76 Å². The topological polar surface area (TPSA) is 67.5 Å². The van der Waals surface area contributed by atoms with Gasteiger partial charge in [-0.15, -0.1) is 4.74 Å². The van der Waals surface area contributed by atoms with Crippen molar-refractivity contribution >= 4 is 5.91 Å². The fourth-order valence-electron chi connectivity index (χ4n) is 3.04. The van der Waals surface area contributed by atoms with E-state index in [0.717, 1.165) is 24.3 Å². The fourth-order valence-corrected chi connectivity index (χ4v) is 3.04. The van der Waals surface area contributed by atoms with E-state index in [1.165, 1.54) is 18.9 Å². The summed E-state index contributed by atoms with van der Waals surface area (Å²) in [5.74, 6) is 0.186. The largest absolute Gasteiger partial charge is 0.373 e. The Morgan fingerprint density at radius 2 is 2.21 bits per heavy atom. The zero-order chi connectivity index (χ0) is 13.4. The first-order valence-corrected chi connectivity index (χ1v) is 6.83. The summed E-state index contributed by atoms with van der Waals surface area (Å²) in [6.45, 7) is 3.68. The highest BCUT2D eigenvalue weighted by Gasteiger charge is 2.30. The van der Waals surface area contributed by atoms with Crippen molar-refractivity contribution in [3.05, 3.63) is 22.2 Å². The van der Waals surface area contributed by atoms with E-state index in [4.69, 9.17) is 4.52 Å². The number of likely N-dealkylation sites (tertiary alicyclic amines) is 1. The molecular weight excluding hydrogens is 246 g/mol. The van der Waals surface area contributed by atoms with E-state index in [1.54, 1.807) is 6.92 Å². The zero-order valence-electron chi connectivity index (χ0n) is 11.1. The molecule has 6 heteroatoms. The van der Waals surface area contributed by atoms with Crippen LogP contribution in [0.2, 0.25) is 0 Å². The summed E-state index contributed by atoms with van der Waals surface area (Å²) in [7, 11) is 0. The van der Waals surface area contributed by atoms with Crippen LogP contribution in [-0.4, -0.2) is 47.3 Å². The summed E-state index contributed by atoms with van der Waals surface area (Å²) in [5.41, 5.74) is -0.378. The molecular formula is C13H19N3O3. The van der Waals surface area contributed by atoms with Crippen LogP contribution in [0.25, 0.3) is 0 Å². The van der Waals surface area contributed by atoms with Crippen molar-refractivity contribution in [3.8, 4) is 0 Å². The Hall–Kier alpha value is -1.40. The quantitative estimate of drug-likeness (QED) is 0.828. The molecule has 2 aliphatic rings. The maximum atomic E-state index is 12.1. The van der Waals surface area contributed by atoms with Crippen molar-refractivity contribution in [2.75, 3.05) is 19.6 Å². The predicted molar refractivity (Wildman–Crippen MR) is 69.3 cm³/mol. The lowest BCUT2D eigenvalue weighted by Gasteiger charge is -2.22. The van der Waals surface area contributed by atoms with Crippen LogP contribution in [0, 0.1) is 6.92 Å². The normalized spacial score (nSPS) is 27.4.